The Balaban J connectivity index is 1.22. The first-order valence-electron chi connectivity index (χ1n) is 11.0. The first kappa shape index (κ1) is 19.0. The van der Waals surface area contributed by atoms with Gasteiger partial charge >= 0.3 is 0 Å². The zero-order valence-electron chi connectivity index (χ0n) is 17.1. The van der Waals surface area contributed by atoms with Crippen LogP contribution in [0, 0.1) is 11.8 Å². The Hall–Kier alpha value is -3.01. The minimum absolute atomic E-state index is 0.00456. The number of nitrogens with zero attached hydrogens (tertiary/aromatic N) is 2. The number of hydrogen-bond acceptors (Lipinski definition) is 3. The van der Waals surface area contributed by atoms with E-state index in [0.717, 1.165) is 29.3 Å². The molecule has 0 amide bonds. The normalized spacial score (nSPS) is 20.3. The third kappa shape index (κ3) is 4.13. The molecular formula is C26H26N2O2. The molecule has 0 N–H and O–H groups in total. The van der Waals surface area contributed by atoms with E-state index < -0.39 is 0 Å². The highest BCUT2D eigenvalue weighted by atomic mass is 16.1. The van der Waals surface area contributed by atoms with Gasteiger partial charge in [0.05, 0.1) is 11.6 Å². The van der Waals surface area contributed by atoms with Gasteiger partial charge in [-0.1, -0.05) is 49.6 Å². The van der Waals surface area contributed by atoms with E-state index in [1.54, 1.807) is 0 Å². The van der Waals surface area contributed by atoms with E-state index in [1.807, 2.05) is 36.6 Å². The van der Waals surface area contributed by atoms with Crippen LogP contribution in [0.15, 0.2) is 72.1 Å². The predicted molar refractivity (Wildman–Crippen MR) is 117 cm³/mol. The van der Waals surface area contributed by atoms with E-state index >= 15 is 0 Å². The lowest BCUT2D eigenvalue weighted by atomic mass is 9.83. The molecular weight excluding hydrogens is 372 g/mol. The summed E-state index contributed by atoms with van der Waals surface area (Å²) in [5.41, 5.74) is 4.57. The van der Waals surface area contributed by atoms with Crippen LogP contribution in [0.4, 0.5) is 0 Å². The molecule has 2 aromatic heterocycles. The van der Waals surface area contributed by atoms with Crippen molar-refractivity contribution >= 4 is 17.2 Å². The molecule has 1 unspecified atom stereocenters. The van der Waals surface area contributed by atoms with Gasteiger partial charge in [0.2, 0.25) is 0 Å². The number of aromatic nitrogens is 2. The SMILES string of the molecule is O=C(CCc1cn2cc(CCCC3CC3)ccc2n1)C1=CC(=O)C2C=CC=CC2=C1. The second kappa shape index (κ2) is 8.02. The molecule has 152 valence electrons. The number of rotatable bonds is 8. The lowest BCUT2D eigenvalue weighted by Gasteiger charge is -2.19. The first-order chi connectivity index (χ1) is 14.7. The minimum Gasteiger partial charge on any atom is -0.307 e. The number of imidazole rings is 1. The Morgan fingerprint density at radius 3 is 2.87 bits per heavy atom. The number of ketones is 2. The van der Waals surface area contributed by atoms with Crippen molar-refractivity contribution in [1.29, 1.82) is 0 Å². The fourth-order valence-electron chi connectivity index (χ4n) is 4.33. The van der Waals surface area contributed by atoms with Gasteiger partial charge in [0, 0.05) is 24.4 Å². The van der Waals surface area contributed by atoms with Crippen molar-refractivity contribution in [2.75, 3.05) is 0 Å². The molecule has 1 atom stereocenters. The molecule has 1 fully saturated rings. The van der Waals surface area contributed by atoms with Crippen LogP contribution in [-0.4, -0.2) is 21.0 Å². The minimum atomic E-state index is -0.233. The first-order valence-corrected chi connectivity index (χ1v) is 11.0. The molecule has 30 heavy (non-hydrogen) atoms. The van der Waals surface area contributed by atoms with Crippen molar-refractivity contribution in [3.8, 4) is 0 Å². The molecule has 3 aliphatic rings. The van der Waals surface area contributed by atoms with Gasteiger partial charge in [0.25, 0.3) is 0 Å². The van der Waals surface area contributed by atoms with Crippen LogP contribution >= 0.6 is 0 Å². The van der Waals surface area contributed by atoms with Crippen molar-refractivity contribution in [3.63, 3.8) is 0 Å². The zero-order chi connectivity index (χ0) is 20.5. The van der Waals surface area contributed by atoms with Crippen LogP contribution in [0.25, 0.3) is 5.65 Å². The predicted octanol–water partition coefficient (Wildman–Crippen LogP) is 4.75. The van der Waals surface area contributed by atoms with Gasteiger partial charge in [-0.3, -0.25) is 9.59 Å². The van der Waals surface area contributed by atoms with Gasteiger partial charge in [0.1, 0.15) is 5.65 Å². The second-order valence-corrected chi connectivity index (χ2v) is 8.66. The average Bonchev–Trinajstić information content (AvgIpc) is 3.49. The van der Waals surface area contributed by atoms with Crippen LogP contribution in [0.3, 0.4) is 0 Å². The van der Waals surface area contributed by atoms with E-state index in [9.17, 15) is 9.59 Å². The van der Waals surface area contributed by atoms with Crippen molar-refractivity contribution in [3.05, 3.63) is 83.4 Å². The quantitative estimate of drug-likeness (QED) is 0.645. The molecule has 2 aromatic rings. The molecule has 5 rings (SSSR count). The molecule has 3 aliphatic carbocycles. The van der Waals surface area contributed by atoms with E-state index in [0.29, 0.717) is 18.4 Å². The van der Waals surface area contributed by atoms with Crippen LogP contribution in [-0.2, 0) is 22.4 Å². The summed E-state index contributed by atoms with van der Waals surface area (Å²) in [4.78, 5) is 29.7. The highest BCUT2D eigenvalue weighted by molar-refractivity contribution is 6.09. The van der Waals surface area contributed by atoms with Crippen LogP contribution in [0.5, 0.6) is 0 Å². The van der Waals surface area contributed by atoms with Crippen LogP contribution in [0.1, 0.15) is 43.4 Å². The summed E-state index contributed by atoms with van der Waals surface area (Å²) in [7, 11) is 0. The maximum Gasteiger partial charge on any atom is 0.167 e. The van der Waals surface area contributed by atoms with E-state index in [4.69, 9.17) is 0 Å². The summed E-state index contributed by atoms with van der Waals surface area (Å²) >= 11 is 0. The fraction of sp³-hybridized carbons (Fsp3) is 0.346. The van der Waals surface area contributed by atoms with Gasteiger partial charge in [-0.05, 0) is 54.5 Å². The number of aryl methyl sites for hydroxylation is 2. The molecule has 0 aliphatic heterocycles. The summed E-state index contributed by atoms with van der Waals surface area (Å²) in [5, 5.41) is 0. The molecule has 4 heteroatoms. The van der Waals surface area contributed by atoms with Gasteiger partial charge in [-0.2, -0.15) is 0 Å². The molecule has 2 heterocycles. The van der Waals surface area contributed by atoms with Gasteiger partial charge < -0.3 is 4.40 Å². The molecule has 0 spiro atoms. The number of Topliss-reactive ketones (excluding diaryl/α,β-unsaturated/α-hetero) is 1. The van der Waals surface area contributed by atoms with Gasteiger partial charge in [-0.25, -0.2) is 4.98 Å². The van der Waals surface area contributed by atoms with Crippen molar-refractivity contribution < 1.29 is 9.59 Å². The number of fused-ring (bicyclic) bond motifs is 2. The summed E-state index contributed by atoms with van der Waals surface area (Å²) in [6.45, 7) is 0. The second-order valence-electron chi connectivity index (χ2n) is 8.66. The molecule has 0 bridgehead atoms. The Bertz CT molecular complexity index is 1130. The van der Waals surface area contributed by atoms with Crippen LogP contribution in [0.2, 0.25) is 0 Å². The largest absolute Gasteiger partial charge is 0.307 e. The zero-order valence-corrected chi connectivity index (χ0v) is 17.1. The number of pyridine rings is 1. The summed E-state index contributed by atoms with van der Waals surface area (Å²) < 4.78 is 2.07. The van der Waals surface area contributed by atoms with Gasteiger partial charge in [-0.15, -0.1) is 0 Å². The molecule has 0 saturated heterocycles. The Morgan fingerprint density at radius 2 is 2.00 bits per heavy atom. The summed E-state index contributed by atoms with van der Waals surface area (Å²) in [5.74, 6) is 0.727. The maximum absolute atomic E-state index is 12.7. The lowest BCUT2D eigenvalue weighted by molar-refractivity contribution is -0.118. The number of carbonyl (C=O) groups excluding carboxylic acids is 2. The molecule has 4 nitrogen and oxygen atoms in total. The van der Waals surface area contributed by atoms with Crippen LogP contribution < -0.4 is 0 Å². The number of carbonyl (C=O) groups is 2. The third-order valence-corrected chi connectivity index (χ3v) is 6.26. The number of hydrogen-bond donors (Lipinski definition) is 0. The summed E-state index contributed by atoms with van der Waals surface area (Å²) in [6, 6.07) is 4.23. The monoisotopic (exact) mass is 398 g/mol. The Labute approximate surface area is 176 Å². The highest BCUT2D eigenvalue weighted by Gasteiger charge is 2.25. The fourth-order valence-corrected chi connectivity index (χ4v) is 4.33. The van der Waals surface area contributed by atoms with Gasteiger partial charge in [0.15, 0.2) is 11.6 Å². The van der Waals surface area contributed by atoms with Crippen molar-refractivity contribution in [1.82, 2.24) is 9.38 Å². The van der Waals surface area contributed by atoms with E-state index in [-0.39, 0.29) is 17.5 Å². The highest BCUT2D eigenvalue weighted by Crippen LogP contribution is 2.34. The smallest absolute Gasteiger partial charge is 0.167 e. The summed E-state index contributed by atoms with van der Waals surface area (Å²) in [6.07, 6.45) is 22.6. The molecule has 0 radical (unpaired) electrons. The number of allylic oxidation sites excluding steroid dienone is 8. The van der Waals surface area contributed by atoms with Crippen molar-refractivity contribution in [2.24, 2.45) is 11.8 Å². The molecule has 0 aromatic carbocycles. The third-order valence-electron chi connectivity index (χ3n) is 6.26. The van der Waals surface area contributed by atoms with Crippen molar-refractivity contribution in [2.45, 2.75) is 44.9 Å². The average molecular weight is 399 g/mol. The Kier molecular flexibility index (Phi) is 5.07. The maximum atomic E-state index is 12.7. The van der Waals surface area contributed by atoms with E-state index in [2.05, 4.69) is 27.7 Å². The van der Waals surface area contributed by atoms with E-state index in [1.165, 1.54) is 37.3 Å². The standard InChI is InChI=1S/C26H26N2O2/c29-24(21-14-20-6-1-2-7-23(20)25(30)15-21)12-11-22-17-28-16-19(10-13-26(28)27-22)5-3-4-18-8-9-18/h1-2,6-7,10,13-18,23H,3-5,8-9,11-12H2. The topological polar surface area (TPSA) is 51.4 Å². The Morgan fingerprint density at radius 1 is 1.10 bits per heavy atom. The lowest BCUT2D eigenvalue weighted by Crippen LogP contribution is -2.19. The molecule has 1 saturated carbocycles.